The second kappa shape index (κ2) is 8.03. The lowest BCUT2D eigenvalue weighted by Gasteiger charge is -2.35. The fraction of sp³-hybridized carbons (Fsp3) is 0.304. The number of methoxy groups -OCH3 is 2. The molecular weight excluding hydrogens is 434 g/mol. The maximum atomic E-state index is 13.2. The van der Waals surface area contributed by atoms with Crippen molar-refractivity contribution in [1.82, 2.24) is 5.32 Å². The molecule has 2 atom stereocenters. The Bertz CT molecular complexity index is 996. The van der Waals surface area contributed by atoms with E-state index in [-0.39, 0.29) is 23.5 Å². The third-order valence-electron chi connectivity index (χ3n) is 5.69. The Kier molecular flexibility index (Phi) is 5.46. The van der Waals surface area contributed by atoms with E-state index in [2.05, 4.69) is 21.2 Å². The van der Waals surface area contributed by atoms with Crippen molar-refractivity contribution in [3.63, 3.8) is 0 Å². The number of hydrogen-bond donors (Lipinski definition) is 1. The minimum Gasteiger partial charge on any atom is -0.497 e. The van der Waals surface area contributed by atoms with Crippen LogP contribution in [0, 0.1) is 0 Å². The van der Waals surface area contributed by atoms with Crippen LogP contribution in [0.2, 0.25) is 0 Å². The molecule has 29 heavy (non-hydrogen) atoms. The van der Waals surface area contributed by atoms with Crippen molar-refractivity contribution < 1.29 is 19.1 Å². The molecule has 0 fully saturated rings. The number of Topliss-reactive ketones (excluding diaryl/α,β-unsaturated/α-hetero) is 1. The summed E-state index contributed by atoms with van der Waals surface area (Å²) < 4.78 is 11.8. The summed E-state index contributed by atoms with van der Waals surface area (Å²) in [6.45, 7) is 0. The summed E-state index contributed by atoms with van der Waals surface area (Å²) in [6, 6.07) is 13.4. The molecule has 2 aliphatic rings. The predicted octanol–water partition coefficient (Wildman–Crippen LogP) is 4.47. The Morgan fingerprint density at radius 2 is 1.72 bits per heavy atom. The molecule has 1 heterocycles. The summed E-state index contributed by atoms with van der Waals surface area (Å²) in [7, 11) is 3.23. The Hall–Kier alpha value is -2.60. The van der Waals surface area contributed by atoms with E-state index in [0.717, 1.165) is 32.6 Å². The highest BCUT2D eigenvalue weighted by atomic mass is 79.9. The van der Waals surface area contributed by atoms with Gasteiger partial charge >= 0.3 is 0 Å². The summed E-state index contributed by atoms with van der Waals surface area (Å²) in [5.41, 5.74) is 3.39. The molecule has 1 N–H and O–H groups in total. The molecule has 0 spiro atoms. The van der Waals surface area contributed by atoms with E-state index in [1.807, 2.05) is 42.5 Å². The van der Waals surface area contributed by atoms with E-state index in [4.69, 9.17) is 9.47 Å². The molecule has 0 saturated heterocycles. The topological polar surface area (TPSA) is 64.6 Å². The van der Waals surface area contributed by atoms with Crippen LogP contribution in [0.25, 0.3) is 0 Å². The standard InChI is InChI=1S/C23H22BrNO4/c1-28-16-7-8-21(29-2)17(11-16)14-9-19-23(20(26)10-14)18(12-22(27)25-19)13-3-5-15(24)6-4-13/h3-8,11,14,18H,9-10,12H2,1-2H3,(H,25,27)/t14-,18-/m1/s1. The molecule has 0 aromatic heterocycles. The average molecular weight is 456 g/mol. The van der Waals surface area contributed by atoms with Crippen LogP contribution in [0.1, 0.15) is 42.2 Å². The van der Waals surface area contributed by atoms with Crippen LogP contribution in [0.5, 0.6) is 11.5 Å². The van der Waals surface area contributed by atoms with E-state index in [1.165, 1.54) is 0 Å². The molecule has 5 nitrogen and oxygen atoms in total. The van der Waals surface area contributed by atoms with Gasteiger partial charge in [0, 0.05) is 46.0 Å². The number of halogens is 1. The molecule has 0 radical (unpaired) electrons. The lowest BCUT2D eigenvalue weighted by Crippen LogP contribution is -2.38. The van der Waals surface area contributed by atoms with Gasteiger partial charge in [0.1, 0.15) is 11.5 Å². The van der Waals surface area contributed by atoms with Crippen molar-refractivity contribution in [2.24, 2.45) is 0 Å². The first-order valence-corrected chi connectivity index (χ1v) is 10.3. The van der Waals surface area contributed by atoms with E-state index < -0.39 is 0 Å². The summed E-state index contributed by atoms with van der Waals surface area (Å²) in [4.78, 5) is 25.7. The number of benzene rings is 2. The number of carbonyl (C=O) groups excluding carboxylic acids is 2. The van der Waals surface area contributed by atoms with Crippen molar-refractivity contribution in [2.75, 3.05) is 14.2 Å². The van der Waals surface area contributed by atoms with Gasteiger partial charge < -0.3 is 14.8 Å². The van der Waals surface area contributed by atoms with Crippen molar-refractivity contribution in [3.8, 4) is 11.5 Å². The Labute approximate surface area is 178 Å². The summed E-state index contributed by atoms with van der Waals surface area (Å²) in [5.74, 6) is 1.19. The number of amides is 1. The maximum absolute atomic E-state index is 13.2. The molecule has 0 saturated carbocycles. The average Bonchev–Trinajstić information content (AvgIpc) is 2.72. The number of nitrogens with one attached hydrogen (secondary N) is 1. The lowest BCUT2D eigenvalue weighted by molar-refractivity contribution is -0.122. The van der Waals surface area contributed by atoms with Gasteiger partial charge in [-0.3, -0.25) is 9.59 Å². The monoisotopic (exact) mass is 455 g/mol. The van der Waals surface area contributed by atoms with Crippen LogP contribution in [0.15, 0.2) is 58.2 Å². The number of rotatable bonds is 4. The minimum atomic E-state index is -0.201. The maximum Gasteiger partial charge on any atom is 0.225 e. The molecule has 0 bridgehead atoms. The van der Waals surface area contributed by atoms with Gasteiger partial charge in [0.15, 0.2) is 5.78 Å². The first-order chi connectivity index (χ1) is 14.0. The van der Waals surface area contributed by atoms with Gasteiger partial charge in [0.25, 0.3) is 0 Å². The Balaban J connectivity index is 1.72. The number of carbonyl (C=O) groups is 2. The van der Waals surface area contributed by atoms with Crippen LogP contribution in [0.3, 0.4) is 0 Å². The van der Waals surface area contributed by atoms with Gasteiger partial charge in [-0.15, -0.1) is 0 Å². The smallest absolute Gasteiger partial charge is 0.225 e. The van der Waals surface area contributed by atoms with Crippen LogP contribution in [0.4, 0.5) is 0 Å². The zero-order valence-corrected chi connectivity index (χ0v) is 17.9. The van der Waals surface area contributed by atoms with Crippen LogP contribution in [-0.4, -0.2) is 25.9 Å². The first kappa shape index (κ1) is 19.7. The van der Waals surface area contributed by atoms with Gasteiger partial charge in [-0.05, 0) is 42.3 Å². The fourth-order valence-corrected chi connectivity index (χ4v) is 4.58. The third-order valence-corrected chi connectivity index (χ3v) is 6.21. The van der Waals surface area contributed by atoms with Gasteiger partial charge in [-0.2, -0.15) is 0 Å². The number of ether oxygens (including phenoxy) is 2. The summed E-state index contributed by atoms with van der Waals surface area (Å²) in [6.07, 6.45) is 1.26. The molecule has 150 valence electrons. The molecule has 1 amide bonds. The molecule has 6 heteroatoms. The molecule has 4 rings (SSSR count). The quantitative estimate of drug-likeness (QED) is 0.738. The molecule has 2 aromatic carbocycles. The number of ketones is 1. The lowest BCUT2D eigenvalue weighted by atomic mass is 9.73. The SMILES string of the molecule is COc1ccc(OC)c([C@H]2CC(=O)C3=C(C2)NC(=O)C[C@@H]3c2ccc(Br)cc2)c1. The van der Waals surface area contributed by atoms with Gasteiger partial charge in [0.2, 0.25) is 5.91 Å². The highest BCUT2D eigenvalue weighted by Crippen LogP contribution is 2.45. The molecule has 1 aliphatic carbocycles. The predicted molar refractivity (Wildman–Crippen MR) is 113 cm³/mol. The minimum absolute atomic E-state index is 0.0530. The summed E-state index contributed by atoms with van der Waals surface area (Å²) in [5, 5.41) is 2.96. The second-order valence-corrected chi connectivity index (χ2v) is 8.30. The first-order valence-electron chi connectivity index (χ1n) is 9.53. The Morgan fingerprint density at radius 1 is 0.966 bits per heavy atom. The molecule has 0 unspecified atom stereocenters. The Morgan fingerprint density at radius 3 is 2.41 bits per heavy atom. The molecule has 1 aliphatic heterocycles. The van der Waals surface area contributed by atoms with Crippen molar-refractivity contribution in [2.45, 2.75) is 31.1 Å². The van der Waals surface area contributed by atoms with Crippen LogP contribution < -0.4 is 14.8 Å². The van der Waals surface area contributed by atoms with E-state index in [1.54, 1.807) is 14.2 Å². The highest BCUT2D eigenvalue weighted by molar-refractivity contribution is 9.10. The van der Waals surface area contributed by atoms with Crippen molar-refractivity contribution in [3.05, 3.63) is 69.3 Å². The van der Waals surface area contributed by atoms with Gasteiger partial charge in [0.05, 0.1) is 14.2 Å². The zero-order valence-electron chi connectivity index (χ0n) is 16.3. The summed E-state index contributed by atoms with van der Waals surface area (Å²) >= 11 is 3.44. The van der Waals surface area contributed by atoms with Gasteiger partial charge in [-0.1, -0.05) is 28.1 Å². The number of hydrogen-bond acceptors (Lipinski definition) is 4. The van der Waals surface area contributed by atoms with Crippen molar-refractivity contribution >= 4 is 27.6 Å². The van der Waals surface area contributed by atoms with Crippen LogP contribution >= 0.6 is 15.9 Å². The molecular formula is C23H22BrNO4. The molecule has 2 aromatic rings. The van der Waals surface area contributed by atoms with Gasteiger partial charge in [-0.25, -0.2) is 0 Å². The largest absolute Gasteiger partial charge is 0.497 e. The van der Waals surface area contributed by atoms with Crippen LogP contribution in [-0.2, 0) is 9.59 Å². The fourth-order valence-electron chi connectivity index (χ4n) is 4.32. The van der Waals surface area contributed by atoms with E-state index >= 15 is 0 Å². The van der Waals surface area contributed by atoms with E-state index in [0.29, 0.717) is 25.0 Å². The normalized spacial score (nSPS) is 21.5. The van der Waals surface area contributed by atoms with Crippen molar-refractivity contribution in [1.29, 1.82) is 0 Å². The third kappa shape index (κ3) is 3.81. The number of allylic oxidation sites excluding steroid dienone is 2. The van der Waals surface area contributed by atoms with E-state index in [9.17, 15) is 9.59 Å². The zero-order chi connectivity index (χ0) is 20.5. The highest BCUT2D eigenvalue weighted by Gasteiger charge is 2.38. The second-order valence-electron chi connectivity index (χ2n) is 7.38.